The van der Waals surface area contributed by atoms with Crippen molar-refractivity contribution >= 4 is 29.2 Å². The lowest BCUT2D eigenvalue weighted by Crippen LogP contribution is -2.50. The second-order valence-corrected chi connectivity index (χ2v) is 6.03. The zero-order chi connectivity index (χ0) is 15.5. The molecular formula is C14H17N5O2S. The van der Waals surface area contributed by atoms with Crippen LogP contribution in [0.5, 0.6) is 0 Å². The van der Waals surface area contributed by atoms with Gasteiger partial charge in [0.1, 0.15) is 0 Å². The number of aromatic nitrogens is 3. The molecule has 1 saturated heterocycles. The van der Waals surface area contributed by atoms with E-state index in [1.807, 2.05) is 28.8 Å². The van der Waals surface area contributed by atoms with Crippen molar-refractivity contribution in [1.29, 1.82) is 0 Å². The Morgan fingerprint density at radius 1 is 1.14 bits per heavy atom. The Balaban J connectivity index is 1.56. The monoisotopic (exact) mass is 319 g/mol. The van der Waals surface area contributed by atoms with Gasteiger partial charge in [-0.1, -0.05) is 17.8 Å². The van der Waals surface area contributed by atoms with Crippen LogP contribution >= 0.6 is 11.8 Å². The molecule has 0 saturated carbocycles. The fourth-order valence-corrected chi connectivity index (χ4v) is 3.23. The molecule has 0 atom stereocenters. The Bertz CT molecular complexity index is 693. The number of thioether (sulfide) groups is 1. The number of nitrogens with zero attached hydrogens (tertiary/aromatic N) is 5. The first-order valence-corrected chi connectivity index (χ1v) is 8.09. The molecule has 2 aromatic heterocycles. The minimum Gasteiger partial charge on any atom is -0.339 e. The number of fused-ring (bicyclic) bond motifs is 1. The van der Waals surface area contributed by atoms with Gasteiger partial charge in [-0.2, -0.15) is 0 Å². The first kappa shape index (κ1) is 14.8. The van der Waals surface area contributed by atoms with Gasteiger partial charge in [0.2, 0.25) is 11.8 Å². The van der Waals surface area contributed by atoms with Crippen LogP contribution in [-0.2, 0) is 9.59 Å². The Morgan fingerprint density at radius 2 is 1.86 bits per heavy atom. The van der Waals surface area contributed by atoms with Gasteiger partial charge in [0.15, 0.2) is 10.8 Å². The number of hydrogen-bond acceptors (Lipinski definition) is 5. The smallest absolute Gasteiger partial charge is 0.233 e. The van der Waals surface area contributed by atoms with E-state index >= 15 is 0 Å². The number of carbonyl (C=O) groups is 2. The molecule has 0 spiro atoms. The van der Waals surface area contributed by atoms with Crippen molar-refractivity contribution in [2.75, 3.05) is 31.9 Å². The lowest BCUT2D eigenvalue weighted by molar-refractivity contribution is -0.136. The molecule has 2 aromatic rings. The van der Waals surface area contributed by atoms with Gasteiger partial charge in [-0.15, -0.1) is 10.2 Å². The molecule has 0 aromatic carbocycles. The van der Waals surface area contributed by atoms with Crippen LogP contribution in [0.3, 0.4) is 0 Å². The first-order chi connectivity index (χ1) is 10.6. The fourth-order valence-electron chi connectivity index (χ4n) is 2.41. The summed E-state index contributed by atoms with van der Waals surface area (Å²) in [5, 5.41) is 8.88. The number of amides is 2. The van der Waals surface area contributed by atoms with Crippen LogP contribution in [-0.4, -0.2) is 68.1 Å². The van der Waals surface area contributed by atoms with Crippen molar-refractivity contribution in [2.45, 2.75) is 12.1 Å². The molecule has 7 nitrogen and oxygen atoms in total. The summed E-state index contributed by atoms with van der Waals surface area (Å²) in [6, 6.07) is 5.68. The second-order valence-electron chi connectivity index (χ2n) is 5.09. The van der Waals surface area contributed by atoms with Crippen LogP contribution in [0.25, 0.3) is 5.65 Å². The minimum absolute atomic E-state index is 0.0661. The van der Waals surface area contributed by atoms with E-state index in [0.717, 1.165) is 5.65 Å². The zero-order valence-electron chi connectivity index (χ0n) is 12.3. The molecule has 22 heavy (non-hydrogen) atoms. The van der Waals surface area contributed by atoms with Crippen LogP contribution < -0.4 is 0 Å². The number of hydrogen-bond donors (Lipinski definition) is 0. The lowest BCUT2D eigenvalue weighted by atomic mass is 10.3. The van der Waals surface area contributed by atoms with Crippen LogP contribution in [0, 0.1) is 0 Å². The third-order valence-corrected chi connectivity index (χ3v) is 4.61. The number of carbonyl (C=O) groups excluding carboxylic acids is 2. The van der Waals surface area contributed by atoms with E-state index in [9.17, 15) is 9.59 Å². The topological polar surface area (TPSA) is 70.8 Å². The summed E-state index contributed by atoms with van der Waals surface area (Å²) < 4.78 is 1.87. The Kier molecular flexibility index (Phi) is 4.28. The minimum atomic E-state index is 0.0661. The lowest BCUT2D eigenvalue weighted by Gasteiger charge is -2.34. The molecule has 0 N–H and O–H groups in total. The molecule has 1 fully saturated rings. The van der Waals surface area contributed by atoms with Gasteiger partial charge >= 0.3 is 0 Å². The number of pyridine rings is 1. The molecule has 3 heterocycles. The molecule has 3 rings (SSSR count). The van der Waals surface area contributed by atoms with Gasteiger partial charge in [0.05, 0.1) is 5.75 Å². The fraction of sp³-hybridized carbons (Fsp3) is 0.429. The molecule has 1 aliphatic heterocycles. The van der Waals surface area contributed by atoms with Crippen LogP contribution in [0.2, 0.25) is 0 Å². The molecule has 0 bridgehead atoms. The van der Waals surface area contributed by atoms with Gasteiger partial charge in [0, 0.05) is 39.3 Å². The molecule has 0 radical (unpaired) electrons. The van der Waals surface area contributed by atoms with Crippen LogP contribution in [0.15, 0.2) is 29.6 Å². The van der Waals surface area contributed by atoms with E-state index in [1.54, 1.807) is 16.7 Å². The SMILES string of the molecule is CC(=O)N1CCN(C(=O)CSc2nnc3ccccn23)CC1. The van der Waals surface area contributed by atoms with Crippen molar-refractivity contribution in [3.63, 3.8) is 0 Å². The highest BCUT2D eigenvalue weighted by atomic mass is 32.2. The maximum absolute atomic E-state index is 12.3. The van der Waals surface area contributed by atoms with E-state index in [2.05, 4.69) is 10.2 Å². The van der Waals surface area contributed by atoms with E-state index in [0.29, 0.717) is 37.1 Å². The third kappa shape index (κ3) is 3.06. The van der Waals surface area contributed by atoms with Crippen molar-refractivity contribution in [3.05, 3.63) is 24.4 Å². The molecule has 0 unspecified atom stereocenters. The quantitative estimate of drug-likeness (QED) is 0.771. The summed E-state index contributed by atoms with van der Waals surface area (Å²) in [5.74, 6) is 0.466. The predicted octanol–water partition coefficient (Wildman–Crippen LogP) is 0.512. The predicted molar refractivity (Wildman–Crippen MR) is 82.5 cm³/mol. The molecule has 1 aliphatic rings. The highest BCUT2D eigenvalue weighted by molar-refractivity contribution is 7.99. The van der Waals surface area contributed by atoms with Crippen molar-refractivity contribution in [2.24, 2.45) is 0 Å². The Labute approximate surface area is 132 Å². The van der Waals surface area contributed by atoms with Gasteiger partial charge < -0.3 is 9.80 Å². The first-order valence-electron chi connectivity index (χ1n) is 7.11. The summed E-state index contributed by atoms with van der Waals surface area (Å²) >= 11 is 1.38. The summed E-state index contributed by atoms with van der Waals surface area (Å²) in [5.41, 5.74) is 0.771. The van der Waals surface area contributed by atoms with E-state index < -0.39 is 0 Å². The third-order valence-electron chi connectivity index (χ3n) is 3.68. The highest BCUT2D eigenvalue weighted by Crippen LogP contribution is 2.17. The maximum Gasteiger partial charge on any atom is 0.233 e. The van der Waals surface area contributed by atoms with Gasteiger partial charge in [0.25, 0.3) is 0 Å². The second kappa shape index (κ2) is 6.35. The summed E-state index contributed by atoms with van der Waals surface area (Å²) in [6.07, 6.45) is 1.88. The van der Waals surface area contributed by atoms with E-state index in [1.165, 1.54) is 11.8 Å². The standard InChI is InChI=1S/C14H17N5O2S/c1-11(20)17-6-8-18(9-7-17)13(21)10-22-14-16-15-12-4-2-3-5-19(12)14/h2-5H,6-10H2,1H3. The molecule has 0 aliphatic carbocycles. The largest absolute Gasteiger partial charge is 0.339 e. The normalized spacial score (nSPS) is 15.3. The molecule has 8 heteroatoms. The van der Waals surface area contributed by atoms with Gasteiger partial charge in [-0.05, 0) is 12.1 Å². The maximum atomic E-state index is 12.3. The number of piperazine rings is 1. The average Bonchev–Trinajstić information content (AvgIpc) is 2.96. The Hall–Kier alpha value is -2.09. The van der Waals surface area contributed by atoms with Gasteiger partial charge in [-0.3, -0.25) is 14.0 Å². The van der Waals surface area contributed by atoms with Crippen LogP contribution in [0.1, 0.15) is 6.92 Å². The van der Waals surface area contributed by atoms with E-state index in [4.69, 9.17) is 0 Å². The summed E-state index contributed by atoms with van der Waals surface area (Å²) in [4.78, 5) is 27.1. The van der Waals surface area contributed by atoms with Crippen LogP contribution in [0.4, 0.5) is 0 Å². The number of rotatable bonds is 3. The zero-order valence-corrected chi connectivity index (χ0v) is 13.1. The molecule has 116 valence electrons. The van der Waals surface area contributed by atoms with Crippen molar-refractivity contribution in [1.82, 2.24) is 24.4 Å². The van der Waals surface area contributed by atoms with E-state index in [-0.39, 0.29) is 11.8 Å². The van der Waals surface area contributed by atoms with Crippen molar-refractivity contribution < 1.29 is 9.59 Å². The van der Waals surface area contributed by atoms with Crippen molar-refractivity contribution in [3.8, 4) is 0 Å². The average molecular weight is 319 g/mol. The highest BCUT2D eigenvalue weighted by Gasteiger charge is 2.22. The summed E-state index contributed by atoms with van der Waals surface area (Å²) in [6.45, 7) is 3.97. The molecule has 2 amide bonds. The Morgan fingerprint density at radius 3 is 2.59 bits per heavy atom. The molecular weight excluding hydrogens is 302 g/mol. The van der Waals surface area contributed by atoms with Gasteiger partial charge in [-0.25, -0.2) is 0 Å². The summed E-state index contributed by atoms with van der Waals surface area (Å²) in [7, 11) is 0.